The summed E-state index contributed by atoms with van der Waals surface area (Å²) in [6.07, 6.45) is 1.77. The average molecular weight is 230 g/mol. The van der Waals surface area contributed by atoms with Crippen LogP contribution in [0.15, 0.2) is 30.5 Å². The summed E-state index contributed by atoms with van der Waals surface area (Å²) in [4.78, 5) is 0. The second kappa shape index (κ2) is 4.18. The molecule has 0 saturated carbocycles. The first kappa shape index (κ1) is 10.3. The van der Waals surface area contributed by atoms with Crippen LogP contribution in [0.25, 0.3) is 0 Å². The Morgan fingerprint density at radius 3 is 3.18 bits per heavy atom. The van der Waals surface area contributed by atoms with Crippen molar-refractivity contribution in [1.82, 2.24) is 20.3 Å². The van der Waals surface area contributed by atoms with Gasteiger partial charge in [0.05, 0.1) is 17.9 Å². The molecule has 1 unspecified atom stereocenters. The largest absolute Gasteiger partial charge is 0.491 e. The molecule has 17 heavy (non-hydrogen) atoms. The van der Waals surface area contributed by atoms with Crippen molar-refractivity contribution in [2.75, 3.05) is 6.61 Å². The third-order valence-electron chi connectivity index (χ3n) is 3.04. The number of hydrogen-bond donors (Lipinski definition) is 1. The Balaban J connectivity index is 1.70. The van der Waals surface area contributed by atoms with Gasteiger partial charge < -0.3 is 10.1 Å². The molecule has 5 heteroatoms. The average Bonchev–Trinajstić information content (AvgIpc) is 2.93. The third kappa shape index (κ3) is 1.89. The summed E-state index contributed by atoms with van der Waals surface area (Å²) >= 11 is 0. The number of nitrogens with one attached hydrogen (secondary N) is 1. The number of fused-ring (bicyclic) bond motifs is 1. The molecule has 0 spiro atoms. The van der Waals surface area contributed by atoms with E-state index in [0.717, 1.165) is 18.0 Å². The Kier molecular flexibility index (Phi) is 2.53. The summed E-state index contributed by atoms with van der Waals surface area (Å²) in [6.45, 7) is 1.43. The van der Waals surface area contributed by atoms with Crippen molar-refractivity contribution in [3.8, 4) is 5.75 Å². The van der Waals surface area contributed by atoms with E-state index < -0.39 is 0 Å². The smallest absolute Gasteiger partial charge is 0.124 e. The summed E-state index contributed by atoms with van der Waals surface area (Å²) in [7, 11) is 1.89. The topological polar surface area (TPSA) is 52.0 Å². The van der Waals surface area contributed by atoms with Crippen LogP contribution in [0.2, 0.25) is 0 Å². The van der Waals surface area contributed by atoms with Crippen LogP contribution in [0.4, 0.5) is 0 Å². The number of aromatic nitrogens is 3. The number of benzene rings is 1. The zero-order valence-corrected chi connectivity index (χ0v) is 9.63. The first-order valence-electron chi connectivity index (χ1n) is 5.63. The normalized spacial score (nSPS) is 17.8. The highest BCUT2D eigenvalue weighted by molar-refractivity contribution is 5.39. The molecule has 1 aliphatic heterocycles. The van der Waals surface area contributed by atoms with Gasteiger partial charge in [-0.15, -0.1) is 5.10 Å². The first-order chi connectivity index (χ1) is 8.34. The molecule has 1 aliphatic rings. The summed E-state index contributed by atoms with van der Waals surface area (Å²) in [5, 5.41) is 11.2. The summed E-state index contributed by atoms with van der Waals surface area (Å²) in [6, 6.07) is 8.38. The van der Waals surface area contributed by atoms with Crippen LogP contribution in [-0.4, -0.2) is 21.6 Å². The summed E-state index contributed by atoms with van der Waals surface area (Å²) in [5.41, 5.74) is 2.29. The molecule has 0 radical (unpaired) electrons. The van der Waals surface area contributed by atoms with Gasteiger partial charge in [0.2, 0.25) is 0 Å². The van der Waals surface area contributed by atoms with Crippen molar-refractivity contribution in [2.45, 2.75) is 12.6 Å². The summed E-state index contributed by atoms with van der Waals surface area (Å²) in [5.74, 6) is 0.980. The molecule has 1 aromatic carbocycles. The zero-order valence-electron chi connectivity index (χ0n) is 9.63. The minimum absolute atomic E-state index is 0.251. The Morgan fingerprint density at radius 1 is 1.47 bits per heavy atom. The van der Waals surface area contributed by atoms with Gasteiger partial charge in [0.1, 0.15) is 12.4 Å². The van der Waals surface area contributed by atoms with Crippen LogP contribution in [0.5, 0.6) is 5.75 Å². The van der Waals surface area contributed by atoms with Gasteiger partial charge in [-0.1, -0.05) is 23.4 Å². The fourth-order valence-corrected chi connectivity index (χ4v) is 2.03. The van der Waals surface area contributed by atoms with Gasteiger partial charge in [-0.2, -0.15) is 0 Å². The zero-order chi connectivity index (χ0) is 11.7. The standard InChI is InChI=1S/C12H14N4O/c1-16-9(7-14-15-16)6-13-11-8-17-12-5-3-2-4-10(11)12/h2-5,7,11,13H,6,8H2,1H3. The maximum absolute atomic E-state index is 5.61. The number of hydrogen-bond acceptors (Lipinski definition) is 4. The SMILES string of the molecule is Cn1nncc1CNC1COc2ccccc21. The Morgan fingerprint density at radius 2 is 2.35 bits per heavy atom. The molecule has 1 aromatic heterocycles. The predicted molar refractivity (Wildman–Crippen MR) is 62.5 cm³/mol. The van der Waals surface area contributed by atoms with Crippen molar-refractivity contribution in [3.63, 3.8) is 0 Å². The van der Waals surface area contributed by atoms with Crippen LogP contribution >= 0.6 is 0 Å². The second-order valence-corrected chi connectivity index (χ2v) is 4.13. The molecular weight excluding hydrogens is 216 g/mol. The van der Waals surface area contributed by atoms with Crippen molar-refractivity contribution >= 4 is 0 Å². The summed E-state index contributed by atoms with van der Waals surface area (Å²) < 4.78 is 7.38. The molecular formula is C12H14N4O. The van der Waals surface area contributed by atoms with Crippen molar-refractivity contribution in [3.05, 3.63) is 41.7 Å². The molecule has 5 nitrogen and oxygen atoms in total. The van der Waals surface area contributed by atoms with E-state index in [1.807, 2.05) is 25.2 Å². The molecule has 0 fully saturated rings. The number of ether oxygens (including phenoxy) is 1. The Labute approximate surface area is 99.4 Å². The molecule has 0 amide bonds. The van der Waals surface area contributed by atoms with Crippen LogP contribution < -0.4 is 10.1 Å². The predicted octanol–water partition coefficient (Wildman–Crippen LogP) is 1.04. The van der Waals surface area contributed by atoms with Gasteiger partial charge in [-0.05, 0) is 6.07 Å². The molecule has 3 rings (SSSR count). The Hall–Kier alpha value is -1.88. The van der Waals surface area contributed by atoms with E-state index in [0.29, 0.717) is 6.61 Å². The highest BCUT2D eigenvalue weighted by atomic mass is 16.5. The van der Waals surface area contributed by atoms with Gasteiger partial charge in [0.15, 0.2) is 0 Å². The highest BCUT2D eigenvalue weighted by Crippen LogP contribution is 2.31. The van der Waals surface area contributed by atoms with Gasteiger partial charge in [-0.25, -0.2) is 0 Å². The maximum atomic E-state index is 5.61. The molecule has 2 heterocycles. The monoisotopic (exact) mass is 230 g/mol. The number of nitrogens with zero attached hydrogens (tertiary/aromatic N) is 3. The highest BCUT2D eigenvalue weighted by Gasteiger charge is 2.22. The van der Waals surface area contributed by atoms with E-state index in [1.165, 1.54) is 5.56 Å². The second-order valence-electron chi connectivity index (χ2n) is 4.13. The van der Waals surface area contributed by atoms with Crippen LogP contribution in [0.3, 0.4) is 0 Å². The van der Waals surface area contributed by atoms with Crippen molar-refractivity contribution in [2.24, 2.45) is 7.05 Å². The lowest BCUT2D eigenvalue weighted by Gasteiger charge is -2.10. The van der Waals surface area contributed by atoms with Crippen LogP contribution in [0, 0.1) is 0 Å². The van der Waals surface area contributed by atoms with Crippen molar-refractivity contribution in [1.29, 1.82) is 0 Å². The fraction of sp³-hybridized carbons (Fsp3) is 0.333. The third-order valence-corrected chi connectivity index (χ3v) is 3.04. The Bertz CT molecular complexity index is 523. The van der Waals surface area contributed by atoms with E-state index in [1.54, 1.807) is 10.9 Å². The quantitative estimate of drug-likeness (QED) is 0.856. The van der Waals surface area contributed by atoms with E-state index in [4.69, 9.17) is 4.74 Å². The molecule has 0 bridgehead atoms. The lowest BCUT2D eigenvalue weighted by molar-refractivity contribution is 0.309. The van der Waals surface area contributed by atoms with E-state index in [-0.39, 0.29) is 6.04 Å². The molecule has 2 aromatic rings. The minimum atomic E-state index is 0.251. The van der Waals surface area contributed by atoms with Crippen LogP contribution in [-0.2, 0) is 13.6 Å². The van der Waals surface area contributed by atoms with Gasteiger partial charge >= 0.3 is 0 Å². The van der Waals surface area contributed by atoms with Crippen LogP contribution in [0.1, 0.15) is 17.3 Å². The number of rotatable bonds is 3. The first-order valence-corrected chi connectivity index (χ1v) is 5.63. The minimum Gasteiger partial charge on any atom is -0.491 e. The van der Waals surface area contributed by atoms with Gasteiger partial charge in [0.25, 0.3) is 0 Å². The lowest BCUT2D eigenvalue weighted by atomic mass is 10.1. The van der Waals surface area contributed by atoms with E-state index >= 15 is 0 Å². The molecule has 1 atom stereocenters. The lowest BCUT2D eigenvalue weighted by Crippen LogP contribution is -2.23. The van der Waals surface area contributed by atoms with E-state index in [9.17, 15) is 0 Å². The fourth-order valence-electron chi connectivity index (χ4n) is 2.03. The number of para-hydroxylation sites is 1. The van der Waals surface area contributed by atoms with Gasteiger partial charge in [-0.3, -0.25) is 4.68 Å². The molecule has 88 valence electrons. The van der Waals surface area contributed by atoms with Crippen molar-refractivity contribution < 1.29 is 4.74 Å². The molecule has 0 aliphatic carbocycles. The number of aryl methyl sites for hydroxylation is 1. The molecule has 1 N–H and O–H groups in total. The molecule has 0 saturated heterocycles. The van der Waals surface area contributed by atoms with Gasteiger partial charge in [0, 0.05) is 19.2 Å². The van der Waals surface area contributed by atoms with E-state index in [2.05, 4.69) is 21.7 Å². The maximum Gasteiger partial charge on any atom is 0.124 e.